The van der Waals surface area contributed by atoms with Gasteiger partial charge in [-0.25, -0.2) is 18.7 Å². The number of hydrogen-bond acceptors (Lipinski definition) is 4. The molecule has 0 fully saturated rings. The average molecular weight is 246 g/mol. The van der Waals surface area contributed by atoms with E-state index < -0.39 is 11.6 Å². The maximum absolute atomic E-state index is 13.7. The lowest BCUT2D eigenvalue weighted by atomic mass is 10.2. The number of hydrogen-bond donors (Lipinski definition) is 1. The molecule has 0 aliphatic carbocycles. The van der Waals surface area contributed by atoms with E-state index in [1.165, 1.54) is 25.4 Å². The summed E-state index contributed by atoms with van der Waals surface area (Å²) in [5.41, 5.74) is 0.167. The van der Waals surface area contributed by atoms with E-state index in [4.69, 9.17) is 5.26 Å². The summed E-state index contributed by atoms with van der Waals surface area (Å²) in [6.45, 7) is 1.53. The Morgan fingerprint density at radius 3 is 2.61 bits per heavy atom. The number of nitrogens with one attached hydrogen (secondary N) is 1. The quantitative estimate of drug-likeness (QED) is 0.884. The summed E-state index contributed by atoms with van der Waals surface area (Å²) >= 11 is 0. The number of rotatable bonds is 2. The van der Waals surface area contributed by atoms with Crippen LogP contribution in [0.5, 0.6) is 0 Å². The van der Waals surface area contributed by atoms with Crippen LogP contribution < -0.4 is 5.32 Å². The summed E-state index contributed by atoms with van der Waals surface area (Å²) in [6, 6.07) is 4.31. The lowest BCUT2D eigenvalue weighted by Crippen LogP contribution is -2.01. The van der Waals surface area contributed by atoms with E-state index in [-0.39, 0.29) is 17.2 Å². The summed E-state index contributed by atoms with van der Waals surface area (Å²) in [5.74, 6) is -1.23. The molecule has 0 atom stereocenters. The molecular weight excluding hydrogens is 238 g/mol. The molecule has 1 N–H and O–H groups in total. The van der Waals surface area contributed by atoms with Gasteiger partial charge in [0.25, 0.3) is 0 Å². The second-order valence-electron chi connectivity index (χ2n) is 3.58. The monoisotopic (exact) mass is 246 g/mol. The molecule has 18 heavy (non-hydrogen) atoms. The van der Waals surface area contributed by atoms with Crippen LogP contribution in [0.1, 0.15) is 11.3 Å². The Balaban J connectivity index is 2.34. The SMILES string of the molecule is Cc1ccc(F)c(Nc2cnc(C#N)cn2)c1F. The number of nitriles is 1. The Hall–Kier alpha value is -2.55. The molecule has 0 amide bonds. The minimum absolute atomic E-state index is 0.130. The molecule has 0 aliphatic heterocycles. The van der Waals surface area contributed by atoms with E-state index >= 15 is 0 Å². The van der Waals surface area contributed by atoms with Gasteiger partial charge in [0.15, 0.2) is 11.5 Å². The maximum Gasteiger partial charge on any atom is 0.158 e. The summed E-state index contributed by atoms with van der Waals surface area (Å²) < 4.78 is 27.1. The van der Waals surface area contributed by atoms with Gasteiger partial charge in [-0.15, -0.1) is 0 Å². The fourth-order valence-corrected chi connectivity index (χ4v) is 1.35. The van der Waals surface area contributed by atoms with E-state index in [1.54, 1.807) is 6.07 Å². The first kappa shape index (κ1) is 11.9. The third kappa shape index (κ3) is 2.25. The molecule has 90 valence electrons. The van der Waals surface area contributed by atoms with Gasteiger partial charge in [0.2, 0.25) is 0 Å². The lowest BCUT2D eigenvalue weighted by molar-refractivity contribution is 0.584. The van der Waals surface area contributed by atoms with Crippen molar-refractivity contribution in [3.63, 3.8) is 0 Å². The molecule has 2 rings (SSSR count). The molecule has 0 unspecified atom stereocenters. The second kappa shape index (κ2) is 4.75. The van der Waals surface area contributed by atoms with Crippen molar-refractivity contribution in [2.75, 3.05) is 5.32 Å². The van der Waals surface area contributed by atoms with Crippen LogP contribution in [0, 0.1) is 29.9 Å². The van der Waals surface area contributed by atoms with Crippen LogP contribution in [-0.2, 0) is 0 Å². The molecule has 0 saturated heterocycles. The molecule has 6 heteroatoms. The third-order valence-electron chi connectivity index (χ3n) is 2.30. The molecule has 2 aromatic rings. The highest BCUT2D eigenvalue weighted by Gasteiger charge is 2.12. The molecule has 4 nitrogen and oxygen atoms in total. The molecule has 1 aromatic heterocycles. The minimum atomic E-state index is -0.718. The van der Waals surface area contributed by atoms with Gasteiger partial charge in [-0.2, -0.15) is 5.26 Å². The Bertz CT molecular complexity index is 617. The van der Waals surface area contributed by atoms with Crippen LogP contribution in [0.25, 0.3) is 0 Å². The van der Waals surface area contributed by atoms with Crippen molar-refractivity contribution in [2.24, 2.45) is 0 Å². The van der Waals surface area contributed by atoms with Crippen LogP contribution in [0.4, 0.5) is 20.3 Å². The molecule has 0 aliphatic rings. The highest BCUT2D eigenvalue weighted by molar-refractivity contribution is 5.58. The van der Waals surface area contributed by atoms with Gasteiger partial charge in [0.05, 0.1) is 12.4 Å². The summed E-state index contributed by atoms with van der Waals surface area (Å²) in [7, 11) is 0. The van der Waals surface area contributed by atoms with Crippen molar-refractivity contribution in [1.82, 2.24) is 9.97 Å². The van der Waals surface area contributed by atoms with Gasteiger partial charge in [-0.1, -0.05) is 6.07 Å². The molecule has 0 saturated carbocycles. The summed E-state index contributed by atoms with van der Waals surface area (Å²) in [4.78, 5) is 7.57. The van der Waals surface area contributed by atoms with Gasteiger partial charge in [-0.3, -0.25) is 0 Å². The summed E-state index contributed by atoms with van der Waals surface area (Å²) in [6.07, 6.45) is 2.45. The molecule has 1 heterocycles. The van der Waals surface area contributed by atoms with Crippen LogP contribution in [-0.4, -0.2) is 9.97 Å². The van der Waals surface area contributed by atoms with E-state index in [9.17, 15) is 8.78 Å². The van der Waals surface area contributed by atoms with E-state index in [1.807, 2.05) is 0 Å². The van der Waals surface area contributed by atoms with Gasteiger partial charge in [0.1, 0.15) is 23.4 Å². The standard InChI is InChI=1S/C12H8F2N4/c1-7-2-3-9(13)12(11(7)14)18-10-6-16-8(4-15)5-17-10/h2-3,5-6H,1H3,(H,17,18). The highest BCUT2D eigenvalue weighted by Crippen LogP contribution is 2.24. The molecular formula is C12H8F2N4. The fourth-order valence-electron chi connectivity index (χ4n) is 1.35. The second-order valence-corrected chi connectivity index (χ2v) is 3.58. The van der Waals surface area contributed by atoms with Crippen molar-refractivity contribution in [2.45, 2.75) is 6.92 Å². The van der Waals surface area contributed by atoms with Crippen molar-refractivity contribution in [3.8, 4) is 6.07 Å². The van der Waals surface area contributed by atoms with Gasteiger partial charge < -0.3 is 5.32 Å². The lowest BCUT2D eigenvalue weighted by Gasteiger charge is -2.09. The number of nitrogens with zero attached hydrogens (tertiary/aromatic N) is 3. The molecule has 1 aromatic carbocycles. The Morgan fingerprint density at radius 2 is 2.00 bits per heavy atom. The number of aromatic nitrogens is 2. The number of halogens is 2. The van der Waals surface area contributed by atoms with Crippen LogP contribution in [0.3, 0.4) is 0 Å². The Kier molecular flexibility index (Phi) is 3.15. The van der Waals surface area contributed by atoms with Crippen molar-refractivity contribution < 1.29 is 8.78 Å². The zero-order valence-corrected chi connectivity index (χ0v) is 9.41. The van der Waals surface area contributed by atoms with Crippen LogP contribution in [0.15, 0.2) is 24.5 Å². The Morgan fingerprint density at radius 1 is 1.22 bits per heavy atom. The van der Waals surface area contributed by atoms with Gasteiger partial charge in [0, 0.05) is 0 Å². The summed E-state index contributed by atoms with van der Waals surface area (Å²) in [5, 5.41) is 11.0. The largest absolute Gasteiger partial charge is 0.334 e. The van der Waals surface area contributed by atoms with Gasteiger partial charge >= 0.3 is 0 Å². The van der Waals surface area contributed by atoms with Gasteiger partial charge in [-0.05, 0) is 18.6 Å². The van der Waals surface area contributed by atoms with E-state index in [0.29, 0.717) is 5.56 Å². The number of benzene rings is 1. The zero-order valence-electron chi connectivity index (χ0n) is 9.41. The predicted molar refractivity (Wildman–Crippen MR) is 61.1 cm³/mol. The molecule has 0 radical (unpaired) electrons. The van der Waals surface area contributed by atoms with E-state index in [0.717, 1.165) is 6.07 Å². The predicted octanol–water partition coefficient (Wildman–Crippen LogP) is 2.68. The minimum Gasteiger partial charge on any atom is -0.334 e. The first-order valence-corrected chi connectivity index (χ1v) is 5.05. The number of anilines is 2. The molecule has 0 bridgehead atoms. The van der Waals surface area contributed by atoms with Crippen LogP contribution >= 0.6 is 0 Å². The van der Waals surface area contributed by atoms with E-state index in [2.05, 4.69) is 15.3 Å². The van der Waals surface area contributed by atoms with Crippen LogP contribution in [0.2, 0.25) is 0 Å². The third-order valence-corrected chi connectivity index (χ3v) is 2.30. The average Bonchev–Trinajstić information content (AvgIpc) is 2.40. The normalized spacial score (nSPS) is 9.89. The topological polar surface area (TPSA) is 61.6 Å². The Labute approximate surface area is 102 Å². The molecule has 0 spiro atoms. The van der Waals surface area contributed by atoms with Crippen molar-refractivity contribution in [3.05, 3.63) is 47.4 Å². The first-order chi connectivity index (χ1) is 8.61. The maximum atomic E-state index is 13.7. The smallest absolute Gasteiger partial charge is 0.158 e. The first-order valence-electron chi connectivity index (χ1n) is 5.05. The fraction of sp³-hybridized carbons (Fsp3) is 0.0833. The van der Waals surface area contributed by atoms with Crippen molar-refractivity contribution >= 4 is 11.5 Å². The zero-order chi connectivity index (χ0) is 13.1. The number of aryl methyl sites for hydroxylation is 1. The van der Waals surface area contributed by atoms with Crippen molar-refractivity contribution in [1.29, 1.82) is 5.26 Å². The highest BCUT2D eigenvalue weighted by atomic mass is 19.1.